The van der Waals surface area contributed by atoms with Crippen LogP contribution in [0.2, 0.25) is 0 Å². The van der Waals surface area contributed by atoms with E-state index in [2.05, 4.69) is 16.3 Å². The van der Waals surface area contributed by atoms with Crippen LogP contribution in [0, 0.1) is 0 Å². The largest absolute Gasteiger partial charge is 0.492 e. The van der Waals surface area contributed by atoms with Crippen molar-refractivity contribution in [3.63, 3.8) is 0 Å². The summed E-state index contributed by atoms with van der Waals surface area (Å²) in [4.78, 5) is 2.34. The molecule has 1 aliphatic heterocycles. The Kier molecular flexibility index (Phi) is 4.66. The van der Waals surface area contributed by atoms with Gasteiger partial charge in [0.05, 0.1) is 18.9 Å². The molecule has 2 N–H and O–H groups in total. The molecular formula is C15H24N2O2. The van der Waals surface area contributed by atoms with Gasteiger partial charge in [0, 0.05) is 18.6 Å². The van der Waals surface area contributed by atoms with Crippen molar-refractivity contribution < 1.29 is 9.84 Å². The van der Waals surface area contributed by atoms with Gasteiger partial charge in [0.1, 0.15) is 5.75 Å². The predicted octanol–water partition coefficient (Wildman–Crippen LogP) is 1.64. The molecule has 0 atom stereocenters. The first-order valence-electron chi connectivity index (χ1n) is 7.01. The molecule has 4 nitrogen and oxygen atoms in total. The molecule has 1 fully saturated rings. The quantitative estimate of drug-likeness (QED) is 0.848. The Labute approximate surface area is 115 Å². The van der Waals surface area contributed by atoms with Gasteiger partial charge in [-0.3, -0.25) is 0 Å². The Morgan fingerprint density at radius 2 is 2.00 bits per heavy atom. The molecule has 0 spiro atoms. The standard InChI is InChI=1S/C15H24N2O2/c1-3-19-14-7-5-4-6-13(14)17-10-8-15(12-18,16-2)9-11-17/h4-7,16,18H,3,8-12H2,1-2H3. The van der Waals surface area contributed by atoms with E-state index < -0.39 is 0 Å². The van der Waals surface area contributed by atoms with E-state index in [0.717, 1.165) is 37.4 Å². The lowest BCUT2D eigenvalue weighted by Crippen LogP contribution is -2.54. The van der Waals surface area contributed by atoms with Crippen LogP contribution in [0.25, 0.3) is 0 Å². The molecule has 1 aromatic rings. The van der Waals surface area contributed by atoms with Crippen LogP contribution in [0.1, 0.15) is 19.8 Å². The summed E-state index contributed by atoms with van der Waals surface area (Å²) in [7, 11) is 1.93. The van der Waals surface area contributed by atoms with E-state index in [1.54, 1.807) is 0 Å². The highest BCUT2D eigenvalue weighted by Crippen LogP contribution is 2.32. The second kappa shape index (κ2) is 6.26. The van der Waals surface area contributed by atoms with E-state index in [1.807, 2.05) is 32.2 Å². The SMILES string of the molecule is CCOc1ccccc1N1CCC(CO)(NC)CC1. The van der Waals surface area contributed by atoms with Gasteiger partial charge < -0.3 is 20.1 Å². The zero-order valence-corrected chi connectivity index (χ0v) is 11.9. The molecular weight excluding hydrogens is 240 g/mol. The number of hydrogen-bond acceptors (Lipinski definition) is 4. The van der Waals surface area contributed by atoms with E-state index >= 15 is 0 Å². The molecule has 1 aliphatic rings. The number of hydrogen-bond donors (Lipinski definition) is 2. The minimum absolute atomic E-state index is 0.114. The molecule has 0 saturated carbocycles. The number of para-hydroxylation sites is 2. The fraction of sp³-hybridized carbons (Fsp3) is 0.600. The Hall–Kier alpha value is -1.26. The predicted molar refractivity (Wildman–Crippen MR) is 77.9 cm³/mol. The van der Waals surface area contributed by atoms with Crippen LogP contribution in [0.15, 0.2) is 24.3 Å². The van der Waals surface area contributed by atoms with Crippen LogP contribution in [0.4, 0.5) is 5.69 Å². The van der Waals surface area contributed by atoms with Crippen LogP contribution >= 0.6 is 0 Å². The molecule has 1 aromatic carbocycles. The van der Waals surface area contributed by atoms with Gasteiger partial charge in [-0.2, -0.15) is 0 Å². The second-order valence-corrected chi connectivity index (χ2v) is 5.08. The highest BCUT2D eigenvalue weighted by atomic mass is 16.5. The van der Waals surface area contributed by atoms with Gasteiger partial charge in [-0.15, -0.1) is 0 Å². The number of nitrogens with zero attached hydrogens (tertiary/aromatic N) is 1. The molecule has 0 unspecified atom stereocenters. The highest BCUT2D eigenvalue weighted by molar-refractivity contribution is 5.58. The lowest BCUT2D eigenvalue weighted by atomic mass is 9.88. The minimum atomic E-state index is -0.114. The molecule has 4 heteroatoms. The molecule has 0 amide bonds. The summed E-state index contributed by atoms with van der Waals surface area (Å²) in [6.45, 7) is 4.76. The number of nitrogens with one attached hydrogen (secondary N) is 1. The van der Waals surface area contributed by atoms with Crippen molar-refractivity contribution in [1.29, 1.82) is 0 Å². The van der Waals surface area contributed by atoms with Gasteiger partial charge in [0.25, 0.3) is 0 Å². The summed E-state index contributed by atoms with van der Waals surface area (Å²) in [5, 5.41) is 12.8. The smallest absolute Gasteiger partial charge is 0.142 e. The van der Waals surface area contributed by atoms with E-state index in [1.165, 1.54) is 0 Å². The maximum atomic E-state index is 9.53. The molecule has 19 heavy (non-hydrogen) atoms. The van der Waals surface area contributed by atoms with Crippen LogP contribution in [-0.2, 0) is 0 Å². The van der Waals surface area contributed by atoms with E-state index in [4.69, 9.17) is 4.74 Å². The Morgan fingerprint density at radius 3 is 2.58 bits per heavy atom. The summed E-state index contributed by atoms with van der Waals surface area (Å²) in [6.07, 6.45) is 1.89. The zero-order valence-electron chi connectivity index (χ0n) is 11.9. The van der Waals surface area contributed by atoms with Gasteiger partial charge >= 0.3 is 0 Å². The number of ether oxygens (including phenoxy) is 1. The highest BCUT2D eigenvalue weighted by Gasteiger charge is 2.33. The van der Waals surface area contributed by atoms with Crippen molar-refractivity contribution in [3.8, 4) is 5.75 Å². The number of anilines is 1. The van der Waals surface area contributed by atoms with Crippen molar-refractivity contribution in [3.05, 3.63) is 24.3 Å². The Morgan fingerprint density at radius 1 is 1.32 bits per heavy atom. The number of piperidine rings is 1. The Balaban J connectivity index is 2.09. The average molecular weight is 264 g/mol. The molecule has 1 heterocycles. The normalized spacial score (nSPS) is 18.4. The first-order valence-corrected chi connectivity index (χ1v) is 7.01. The van der Waals surface area contributed by atoms with Gasteiger partial charge in [-0.05, 0) is 38.9 Å². The molecule has 2 rings (SSSR count). The van der Waals surface area contributed by atoms with Crippen LogP contribution < -0.4 is 15.0 Å². The third kappa shape index (κ3) is 3.01. The lowest BCUT2D eigenvalue weighted by molar-refractivity contribution is 0.142. The van der Waals surface area contributed by atoms with Crippen LogP contribution in [-0.4, -0.2) is 44.0 Å². The Bertz CT molecular complexity index is 395. The number of aliphatic hydroxyl groups is 1. The molecule has 0 aromatic heterocycles. The first kappa shape index (κ1) is 14.2. The van der Waals surface area contributed by atoms with Gasteiger partial charge in [0.15, 0.2) is 0 Å². The van der Waals surface area contributed by atoms with Gasteiger partial charge in [0.2, 0.25) is 0 Å². The van der Waals surface area contributed by atoms with E-state index in [9.17, 15) is 5.11 Å². The number of likely N-dealkylation sites (N-methyl/N-ethyl adjacent to an activating group) is 1. The van der Waals surface area contributed by atoms with Crippen molar-refractivity contribution in [1.82, 2.24) is 5.32 Å². The number of rotatable bonds is 5. The maximum absolute atomic E-state index is 9.53. The second-order valence-electron chi connectivity index (χ2n) is 5.08. The minimum Gasteiger partial charge on any atom is -0.492 e. The zero-order chi connectivity index (χ0) is 13.7. The molecule has 0 aliphatic carbocycles. The summed E-state index contributed by atoms with van der Waals surface area (Å²) < 4.78 is 5.69. The van der Waals surface area contributed by atoms with Crippen LogP contribution in [0.3, 0.4) is 0 Å². The fourth-order valence-corrected chi connectivity index (χ4v) is 2.66. The molecule has 0 radical (unpaired) electrons. The number of benzene rings is 1. The van der Waals surface area contributed by atoms with Crippen LogP contribution in [0.5, 0.6) is 5.75 Å². The van der Waals surface area contributed by atoms with Crippen molar-refractivity contribution in [2.45, 2.75) is 25.3 Å². The van der Waals surface area contributed by atoms with Gasteiger partial charge in [-0.25, -0.2) is 0 Å². The van der Waals surface area contributed by atoms with Crippen molar-refractivity contribution in [2.75, 3.05) is 38.3 Å². The molecule has 106 valence electrons. The average Bonchev–Trinajstić information content (AvgIpc) is 2.48. The summed E-state index contributed by atoms with van der Waals surface area (Å²) >= 11 is 0. The first-order chi connectivity index (χ1) is 9.24. The van der Waals surface area contributed by atoms with Gasteiger partial charge in [-0.1, -0.05) is 12.1 Å². The molecule has 1 saturated heterocycles. The summed E-state index contributed by atoms with van der Waals surface area (Å²) in [6, 6.07) is 8.18. The fourth-order valence-electron chi connectivity index (χ4n) is 2.66. The van der Waals surface area contributed by atoms with E-state index in [-0.39, 0.29) is 12.1 Å². The lowest BCUT2D eigenvalue weighted by Gasteiger charge is -2.41. The van der Waals surface area contributed by atoms with E-state index in [0.29, 0.717) is 6.61 Å². The number of aliphatic hydroxyl groups excluding tert-OH is 1. The summed E-state index contributed by atoms with van der Waals surface area (Å²) in [5.41, 5.74) is 1.05. The molecule has 0 bridgehead atoms. The third-order valence-electron chi connectivity index (χ3n) is 4.06. The monoisotopic (exact) mass is 264 g/mol. The maximum Gasteiger partial charge on any atom is 0.142 e. The van der Waals surface area contributed by atoms with Crippen molar-refractivity contribution >= 4 is 5.69 Å². The summed E-state index contributed by atoms with van der Waals surface area (Å²) in [5.74, 6) is 0.950. The topological polar surface area (TPSA) is 44.7 Å². The van der Waals surface area contributed by atoms with Crippen molar-refractivity contribution in [2.24, 2.45) is 0 Å². The third-order valence-corrected chi connectivity index (χ3v) is 4.06.